The number of amides is 2. The number of carbonyl (C=O) groups is 3. The molecule has 2 aromatic carbocycles. The highest BCUT2D eigenvalue weighted by atomic mass is 32.2. The number of hydrogen-bond donors (Lipinski definition) is 1. The molecule has 1 atom stereocenters. The molecule has 1 aliphatic heterocycles. The number of anilines is 1. The van der Waals surface area contributed by atoms with Gasteiger partial charge in [-0.15, -0.1) is 0 Å². The lowest BCUT2D eigenvalue weighted by Crippen LogP contribution is -2.43. The van der Waals surface area contributed by atoms with E-state index in [-0.39, 0.29) is 18.2 Å². The van der Waals surface area contributed by atoms with Crippen LogP contribution in [0.15, 0.2) is 53.5 Å². The van der Waals surface area contributed by atoms with Gasteiger partial charge in [0.15, 0.2) is 5.17 Å². The smallest absolute Gasteiger partial charge is 0.338 e. The molecule has 31 heavy (non-hydrogen) atoms. The predicted molar refractivity (Wildman–Crippen MR) is 120 cm³/mol. The second-order valence-corrected chi connectivity index (χ2v) is 7.81. The summed E-state index contributed by atoms with van der Waals surface area (Å²) in [5, 5.41) is 2.61. The zero-order chi connectivity index (χ0) is 22.4. The van der Waals surface area contributed by atoms with E-state index in [4.69, 9.17) is 9.47 Å². The number of carbonyl (C=O) groups excluding carboxylic acids is 3. The number of amidine groups is 1. The van der Waals surface area contributed by atoms with Crippen molar-refractivity contribution in [3.8, 4) is 5.75 Å². The molecule has 162 valence electrons. The van der Waals surface area contributed by atoms with Crippen molar-refractivity contribution in [1.29, 1.82) is 0 Å². The Morgan fingerprint density at radius 1 is 1.16 bits per heavy atom. The number of methoxy groups -OCH3 is 1. The van der Waals surface area contributed by atoms with Crippen molar-refractivity contribution in [2.45, 2.75) is 18.6 Å². The first-order valence-electron chi connectivity index (χ1n) is 9.65. The fourth-order valence-corrected chi connectivity index (χ4v) is 3.86. The molecule has 9 heteroatoms. The molecule has 2 amide bonds. The van der Waals surface area contributed by atoms with Crippen LogP contribution >= 0.6 is 11.8 Å². The Labute approximate surface area is 184 Å². The van der Waals surface area contributed by atoms with Crippen molar-refractivity contribution in [2.24, 2.45) is 4.99 Å². The van der Waals surface area contributed by atoms with Gasteiger partial charge >= 0.3 is 5.97 Å². The lowest BCUT2D eigenvalue weighted by Gasteiger charge is -2.28. The first kappa shape index (κ1) is 22.4. The van der Waals surface area contributed by atoms with E-state index in [1.807, 2.05) is 0 Å². The maximum absolute atomic E-state index is 12.8. The maximum Gasteiger partial charge on any atom is 0.338 e. The second-order valence-electron chi connectivity index (χ2n) is 6.64. The second kappa shape index (κ2) is 10.1. The summed E-state index contributed by atoms with van der Waals surface area (Å²) in [7, 11) is 3.22. The molecule has 0 bridgehead atoms. The Hall–Kier alpha value is -3.33. The SMILES string of the molecule is CCOC(=O)c1ccc(NC(=O)[C@@H]2CC(=O)N(C)C(=Nc3ccc(OC)cc3)S2)cc1. The maximum atomic E-state index is 12.8. The van der Waals surface area contributed by atoms with Crippen molar-refractivity contribution >= 4 is 46.1 Å². The number of nitrogens with one attached hydrogen (secondary N) is 1. The highest BCUT2D eigenvalue weighted by Crippen LogP contribution is 2.29. The number of nitrogens with zero attached hydrogens (tertiary/aromatic N) is 2. The fraction of sp³-hybridized carbons (Fsp3) is 0.273. The summed E-state index contributed by atoms with van der Waals surface area (Å²) >= 11 is 1.23. The van der Waals surface area contributed by atoms with Gasteiger partial charge in [-0.1, -0.05) is 11.8 Å². The fourth-order valence-electron chi connectivity index (χ4n) is 2.79. The Morgan fingerprint density at radius 3 is 2.45 bits per heavy atom. The normalized spacial score (nSPS) is 17.4. The molecule has 1 N–H and O–H groups in total. The van der Waals surface area contributed by atoms with Crippen LogP contribution in [0.4, 0.5) is 11.4 Å². The van der Waals surface area contributed by atoms with Crippen LogP contribution in [0, 0.1) is 0 Å². The summed E-state index contributed by atoms with van der Waals surface area (Å²) in [5.41, 5.74) is 1.58. The predicted octanol–water partition coefficient (Wildman–Crippen LogP) is 3.46. The summed E-state index contributed by atoms with van der Waals surface area (Å²) in [4.78, 5) is 42.9. The average molecular weight is 442 g/mol. The van der Waals surface area contributed by atoms with Crippen LogP contribution in [0.2, 0.25) is 0 Å². The molecular formula is C22H23N3O5S. The highest BCUT2D eigenvalue weighted by Gasteiger charge is 2.34. The van der Waals surface area contributed by atoms with Gasteiger partial charge in [-0.05, 0) is 55.5 Å². The van der Waals surface area contributed by atoms with Crippen LogP contribution < -0.4 is 10.1 Å². The van der Waals surface area contributed by atoms with Gasteiger partial charge in [0.05, 0.1) is 25.0 Å². The molecule has 8 nitrogen and oxygen atoms in total. The number of hydrogen-bond acceptors (Lipinski definition) is 7. The summed E-state index contributed by atoms with van der Waals surface area (Å²) < 4.78 is 10.1. The first-order valence-corrected chi connectivity index (χ1v) is 10.5. The van der Waals surface area contributed by atoms with Gasteiger partial charge in [0.2, 0.25) is 11.8 Å². The summed E-state index contributed by atoms with van der Waals surface area (Å²) in [6, 6.07) is 13.5. The van der Waals surface area contributed by atoms with E-state index in [0.29, 0.717) is 34.5 Å². The minimum atomic E-state index is -0.620. The van der Waals surface area contributed by atoms with Crippen molar-refractivity contribution in [3.05, 3.63) is 54.1 Å². The van der Waals surface area contributed by atoms with Gasteiger partial charge < -0.3 is 14.8 Å². The van der Waals surface area contributed by atoms with E-state index in [1.165, 1.54) is 16.7 Å². The molecule has 1 fully saturated rings. The Bertz CT molecular complexity index is 989. The van der Waals surface area contributed by atoms with Gasteiger partial charge in [-0.2, -0.15) is 0 Å². The Morgan fingerprint density at radius 2 is 1.84 bits per heavy atom. The van der Waals surface area contributed by atoms with Gasteiger partial charge in [0.25, 0.3) is 0 Å². The van der Waals surface area contributed by atoms with Crippen LogP contribution in [0.25, 0.3) is 0 Å². The molecule has 0 aliphatic carbocycles. The van der Waals surface area contributed by atoms with E-state index in [1.54, 1.807) is 69.6 Å². The largest absolute Gasteiger partial charge is 0.497 e. The average Bonchev–Trinajstić information content (AvgIpc) is 2.78. The zero-order valence-electron chi connectivity index (χ0n) is 17.5. The molecule has 1 heterocycles. The molecule has 2 aromatic rings. The highest BCUT2D eigenvalue weighted by molar-refractivity contribution is 8.15. The van der Waals surface area contributed by atoms with Gasteiger partial charge in [-0.25, -0.2) is 9.79 Å². The molecular weight excluding hydrogens is 418 g/mol. The lowest BCUT2D eigenvalue weighted by molar-refractivity contribution is -0.128. The van der Waals surface area contributed by atoms with E-state index in [0.717, 1.165) is 0 Å². The summed E-state index contributed by atoms with van der Waals surface area (Å²) in [6.45, 7) is 2.03. The van der Waals surface area contributed by atoms with Crippen molar-refractivity contribution in [2.75, 3.05) is 26.1 Å². The minimum Gasteiger partial charge on any atom is -0.497 e. The van der Waals surface area contributed by atoms with E-state index in [2.05, 4.69) is 10.3 Å². The van der Waals surface area contributed by atoms with Crippen molar-refractivity contribution in [1.82, 2.24) is 4.90 Å². The van der Waals surface area contributed by atoms with Crippen LogP contribution in [-0.2, 0) is 14.3 Å². The van der Waals surface area contributed by atoms with Gasteiger partial charge in [0, 0.05) is 19.2 Å². The lowest BCUT2D eigenvalue weighted by atomic mass is 10.2. The number of rotatable bonds is 6. The summed E-state index contributed by atoms with van der Waals surface area (Å²) in [5.74, 6) is -0.214. The Kier molecular flexibility index (Phi) is 7.30. The third kappa shape index (κ3) is 5.64. The van der Waals surface area contributed by atoms with E-state index >= 15 is 0 Å². The minimum absolute atomic E-state index is 0.0650. The van der Waals surface area contributed by atoms with Crippen molar-refractivity contribution in [3.63, 3.8) is 0 Å². The van der Waals surface area contributed by atoms with E-state index < -0.39 is 11.2 Å². The number of thioether (sulfide) groups is 1. The first-order chi connectivity index (χ1) is 14.9. The molecule has 0 aromatic heterocycles. The standard InChI is InChI=1S/C22H23N3O5S/c1-4-30-21(28)14-5-7-15(8-6-14)23-20(27)18-13-19(26)25(2)22(31-18)24-16-9-11-17(29-3)12-10-16/h5-12,18H,4,13H2,1-3H3,(H,23,27)/t18-/m0/s1. The molecule has 0 saturated carbocycles. The van der Waals surface area contributed by atoms with Gasteiger partial charge in [0.1, 0.15) is 11.0 Å². The summed E-state index contributed by atoms with van der Waals surface area (Å²) in [6.07, 6.45) is 0.0650. The quantitative estimate of drug-likeness (QED) is 0.690. The Balaban J connectivity index is 1.70. The monoisotopic (exact) mass is 441 g/mol. The molecule has 3 rings (SSSR count). The topological polar surface area (TPSA) is 97.3 Å². The third-order valence-corrected chi connectivity index (χ3v) is 5.76. The van der Waals surface area contributed by atoms with Crippen LogP contribution in [0.3, 0.4) is 0 Å². The van der Waals surface area contributed by atoms with Crippen LogP contribution in [0.1, 0.15) is 23.7 Å². The van der Waals surface area contributed by atoms with Gasteiger partial charge in [-0.3, -0.25) is 14.5 Å². The zero-order valence-corrected chi connectivity index (χ0v) is 18.3. The number of esters is 1. The number of benzene rings is 2. The van der Waals surface area contributed by atoms with Crippen molar-refractivity contribution < 1.29 is 23.9 Å². The van der Waals surface area contributed by atoms with E-state index in [9.17, 15) is 14.4 Å². The number of aliphatic imine (C=N–C) groups is 1. The number of ether oxygens (including phenoxy) is 2. The molecule has 0 radical (unpaired) electrons. The van der Waals surface area contributed by atoms with Crippen LogP contribution in [0.5, 0.6) is 5.75 Å². The molecule has 1 saturated heterocycles. The molecule has 0 unspecified atom stereocenters. The third-order valence-electron chi connectivity index (χ3n) is 4.52. The molecule has 1 aliphatic rings. The van der Waals surface area contributed by atoms with Crippen LogP contribution in [-0.4, -0.2) is 53.9 Å². The molecule has 0 spiro atoms.